The van der Waals surface area contributed by atoms with E-state index in [0.717, 1.165) is 34.8 Å². The molecule has 2 aliphatic rings. The molecule has 1 aromatic carbocycles. The minimum absolute atomic E-state index is 0.108. The Kier molecular flexibility index (Phi) is 5.85. The number of phenolic OH excluding ortho intramolecular Hbond substituents is 1. The van der Waals surface area contributed by atoms with Gasteiger partial charge in [0.1, 0.15) is 11.5 Å². The number of rotatable bonds is 4. The van der Waals surface area contributed by atoms with Gasteiger partial charge in [-0.3, -0.25) is 9.79 Å². The largest absolute Gasteiger partial charge is 0.508 e. The second-order valence-electron chi connectivity index (χ2n) is 8.65. The highest BCUT2D eigenvalue weighted by molar-refractivity contribution is 8.13. The molecule has 1 heterocycles. The van der Waals surface area contributed by atoms with Gasteiger partial charge in [-0.2, -0.15) is 0 Å². The fourth-order valence-corrected chi connectivity index (χ4v) is 5.84. The summed E-state index contributed by atoms with van der Waals surface area (Å²) >= 11 is 1.78. The quantitative estimate of drug-likeness (QED) is 0.688. The van der Waals surface area contributed by atoms with Gasteiger partial charge in [0.15, 0.2) is 0 Å². The second-order valence-corrected chi connectivity index (χ2v) is 9.93. The van der Waals surface area contributed by atoms with E-state index >= 15 is 0 Å². The Morgan fingerprint density at radius 3 is 2.85 bits per heavy atom. The molecule has 0 aromatic heterocycles. The first-order chi connectivity index (χ1) is 12.8. The molecule has 3 nitrogen and oxygen atoms in total. The van der Waals surface area contributed by atoms with Crippen LogP contribution in [-0.2, 0) is 11.2 Å². The number of nitrogens with zero attached hydrogens (tertiary/aromatic N) is 1. The van der Waals surface area contributed by atoms with Crippen molar-refractivity contribution in [3.8, 4) is 5.75 Å². The minimum Gasteiger partial charge on any atom is -0.508 e. The van der Waals surface area contributed by atoms with E-state index in [1.165, 1.54) is 0 Å². The van der Waals surface area contributed by atoms with Gasteiger partial charge in [-0.1, -0.05) is 39.8 Å². The number of Topliss-reactive ketones (excluding diaryl/α,β-unsaturated/α-hetero) is 1. The molecule has 0 radical (unpaired) electrons. The van der Waals surface area contributed by atoms with E-state index in [2.05, 4.69) is 34.3 Å². The number of carbonyl (C=O) groups is 1. The van der Waals surface area contributed by atoms with Crippen molar-refractivity contribution in [1.82, 2.24) is 0 Å². The monoisotopic (exact) mass is 385 g/mol. The van der Waals surface area contributed by atoms with Crippen LogP contribution in [0.5, 0.6) is 5.75 Å². The van der Waals surface area contributed by atoms with Crippen molar-refractivity contribution in [1.29, 1.82) is 0 Å². The van der Waals surface area contributed by atoms with E-state index in [1.54, 1.807) is 17.8 Å². The normalized spacial score (nSPS) is 27.8. The van der Waals surface area contributed by atoms with E-state index in [1.807, 2.05) is 18.2 Å². The SMILES string of the molecule is C=CCC(C)C1CC(=O)C2C(N=C1SCC)c1ccc(O)cc1CC2(C)C. The molecule has 1 aromatic rings. The lowest BCUT2D eigenvalue weighted by molar-refractivity contribution is -0.128. The molecule has 4 unspecified atom stereocenters. The van der Waals surface area contributed by atoms with E-state index in [0.29, 0.717) is 18.1 Å². The molecule has 0 amide bonds. The maximum Gasteiger partial charge on any atom is 0.139 e. The molecule has 3 rings (SSSR count). The summed E-state index contributed by atoms with van der Waals surface area (Å²) in [6, 6.07) is 5.40. The number of benzene rings is 1. The van der Waals surface area contributed by atoms with Gasteiger partial charge in [-0.15, -0.1) is 18.3 Å². The number of ketones is 1. The number of aromatic hydroxyl groups is 1. The fourth-order valence-electron chi connectivity index (χ4n) is 4.83. The summed E-state index contributed by atoms with van der Waals surface area (Å²) in [5.41, 5.74) is 2.05. The third-order valence-electron chi connectivity index (χ3n) is 6.12. The Labute approximate surface area is 167 Å². The molecule has 0 spiro atoms. The molecule has 27 heavy (non-hydrogen) atoms. The molecule has 0 bridgehead atoms. The van der Waals surface area contributed by atoms with Crippen molar-refractivity contribution in [2.75, 3.05) is 5.75 Å². The zero-order valence-corrected chi connectivity index (χ0v) is 17.7. The van der Waals surface area contributed by atoms with Crippen LogP contribution in [0.3, 0.4) is 0 Å². The van der Waals surface area contributed by atoms with Crippen molar-refractivity contribution in [3.05, 3.63) is 42.0 Å². The van der Waals surface area contributed by atoms with Gasteiger partial charge in [-0.05, 0) is 53.2 Å². The number of phenols is 1. The molecule has 146 valence electrons. The van der Waals surface area contributed by atoms with Gasteiger partial charge in [-0.25, -0.2) is 0 Å². The van der Waals surface area contributed by atoms with E-state index in [-0.39, 0.29) is 29.0 Å². The average molecular weight is 386 g/mol. The van der Waals surface area contributed by atoms with Gasteiger partial charge >= 0.3 is 0 Å². The second kappa shape index (κ2) is 7.83. The molecule has 0 saturated carbocycles. The summed E-state index contributed by atoms with van der Waals surface area (Å²) in [7, 11) is 0. The fraction of sp³-hybridized carbons (Fsp3) is 0.565. The van der Waals surface area contributed by atoms with Crippen molar-refractivity contribution in [2.24, 2.45) is 28.2 Å². The highest BCUT2D eigenvalue weighted by atomic mass is 32.2. The maximum atomic E-state index is 13.5. The van der Waals surface area contributed by atoms with E-state index in [4.69, 9.17) is 4.99 Å². The third kappa shape index (κ3) is 3.87. The summed E-state index contributed by atoms with van der Waals surface area (Å²) < 4.78 is 0. The molecule has 1 aliphatic heterocycles. The molecule has 1 aliphatic carbocycles. The topological polar surface area (TPSA) is 49.7 Å². The number of thioether (sulfide) groups is 1. The van der Waals surface area contributed by atoms with Crippen molar-refractivity contribution >= 4 is 22.6 Å². The van der Waals surface area contributed by atoms with Crippen LogP contribution in [-0.4, -0.2) is 21.7 Å². The standard InChI is InChI=1S/C23H31NO2S/c1-6-8-14(3)18-12-19(26)20-21(24-22(18)27-7-2)17-10-9-16(25)11-15(17)13-23(20,4)5/h6,9-11,14,18,20-21,25H,1,7-8,12-13H2,2-5H3. The number of fused-ring (bicyclic) bond motifs is 3. The molecule has 4 heteroatoms. The Bertz CT molecular complexity index is 768. The summed E-state index contributed by atoms with van der Waals surface area (Å²) in [5, 5.41) is 11.1. The number of aliphatic imine (C=N–C) groups is 1. The van der Waals surface area contributed by atoms with Gasteiger partial charge in [0.2, 0.25) is 0 Å². The molecular formula is C23H31NO2S. The van der Waals surface area contributed by atoms with Crippen LogP contribution in [0.15, 0.2) is 35.8 Å². The van der Waals surface area contributed by atoms with Crippen LogP contribution in [0.4, 0.5) is 0 Å². The summed E-state index contributed by atoms with van der Waals surface area (Å²) in [6.07, 6.45) is 4.20. The lowest BCUT2D eigenvalue weighted by Gasteiger charge is -2.42. The Morgan fingerprint density at radius 1 is 1.44 bits per heavy atom. The van der Waals surface area contributed by atoms with E-state index < -0.39 is 0 Å². The van der Waals surface area contributed by atoms with Crippen LogP contribution in [0.1, 0.15) is 57.7 Å². The zero-order valence-electron chi connectivity index (χ0n) is 16.9. The number of carbonyl (C=O) groups excluding carboxylic acids is 1. The van der Waals surface area contributed by atoms with Crippen LogP contribution < -0.4 is 0 Å². The first-order valence-corrected chi connectivity index (χ1v) is 10.9. The smallest absolute Gasteiger partial charge is 0.139 e. The number of allylic oxidation sites excluding steroid dienone is 1. The van der Waals surface area contributed by atoms with Crippen LogP contribution in [0.2, 0.25) is 0 Å². The van der Waals surface area contributed by atoms with Crippen LogP contribution in [0, 0.1) is 23.2 Å². The van der Waals surface area contributed by atoms with E-state index in [9.17, 15) is 9.90 Å². The lowest BCUT2D eigenvalue weighted by Crippen LogP contribution is -2.40. The number of hydrogen-bond acceptors (Lipinski definition) is 4. The van der Waals surface area contributed by atoms with Gasteiger partial charge < -0.3 is 5.11 Å². The molecule has 1 N–H and O–H groups in total. The van der Waals surface area contributed by atoms with Gasteiger partial charge in [0.25, 0.3) is 0 Å². The average Bonchev–Trinajstić information content (AvgIpc) is 2.72. The minimum atomic E-state index is -0.176. The van der Waals surface area contributed by atoms with Crippen molar-refractivity contribution < 1.29 is 9.90 Å². The lowest BCUT2D eigenvalue weighted by atomic mass is 9.62. The summed E-state index contributed by atoms with van der Waals surface area (Å²) in [5.74, 6) is 1.98. The van der Waals surface area contributed by atoms with Crippen LogP contribution >= 0.6 is 11.8 Å². The highest BCUT2D eigenvalue weighted by Crippen LogP contribution is 2.51. The maximum absolute atomic E-state index is 13.5. The first-order valence-electron chi connectivity index (χ1n) is 9.94. The first kappa shape index (κ1) is 20.2. The molecule has 4 atom stereocenters. The summed E-state index contributed by atoms with van der Waals surface area (Å²) in [4.78, 5) is 18.7. The Hall–Kier alpha value is -1.55. The summed E-state index contributed by atoms with van der Waals surface area (Å²) in [6.45, 7) is 12.6. The molecular weight excluding hydrogens is 354 g/mol. The third-order valence-corrected chi connectivity index (χ3v) is 7.11. The van der Waals surface area contributed by atoms with Gasteiger partial charge in [0, 0.05) is 18.3 Å². The van der Waals surface area contributed by atoms with Crippen molar-refractivity contribution in [3.63, 3.8) is 0 Å². The molecule has 0 saturated heterocycles. The predicted molar refractivity (Wildman–Crippen MR) is 114 cm³/mol. The van der Waals surface area contributed by atoms with Gasteiger partial charge in [0.05, 0.1) is 11.1 Å². The predicted octanol–water partition coefficient (Wildman–Crippen LogP) is 5.58. The molecule has 0 fully saturated rings. The number of hydrogen-bond donors (Lipinski definition) is 1. The Morgan fingerprint density at radius 2 is 2.19 bits per heavy atom. The van der Waals surface area contributed by atoms with Crippen molar-refractivity contribution in [2.45, 2.75) is 53.0 Å². The Balaban J connectivity index is 2.14. The highest BCUT2D eigenvalue weighted by Gasteiger charge is 2.48. The zero-order chi connectivity index (χ0) is 19.8. The van der Waals surface area contributed by atoms with Crippen LogP contribution in [0.25, 0.3) is 0 Å².